The number of methoxy groups -OCH3 is 3. The zero-order valence-corrected chi connectivity index (χ0v) is 14.9. The van der Waals surface area contributed by atoms with Crippen LogP contribution in [0.4, 0.5) is 5.69 Å². The normalized spacial score (nSPS) is 19.2. The van der Waals surface area contributed by atoms with Crippen molar-refractivity contribution in [3.8, 4) is 17.2 Å². The number of hydrogen-bond acceptors (Lipinski definition) is 8. The first-order valence-corrected chi connectivity index (χ1v) is 8.34. The van der Waals surface area contributed by atoms with Crippen molar-refractivity contribution in [3.05, 3.63) is 12.1 Å². The van der Waals surface area contributed by atoms with Crippen molar-refractivity contribution in [2.75, 3.05) is 26.2 Å². The predicted octanol–water partition coefficient (Wildman–Crippen LogP) is 1.82. The van der Waals surface area contributed by atoms with E-state index in [1.807, 2.05) is 11.0 Å². The molecule has 1 heterocycles. The quantitative estimate of drug-likeness (QED) is 0.860. The molecule has 3 rings (SSSR count). The Bertz CT molecular complexity index is 710. The molecule has 1 aliphatic heterocycles. The third-order valence-corrected chi connectivity index (χ3v) is 4.78. The minimum atomic E-state index is -0.541. The van der Waals surface area contributed by atoms with Gasteiger partial charge in [-0.05, 0) is 25.7 Å². The van der Waals surface area contributed by atoms with Gasteiger partial charge in [0, 0.05) is 12.1 Å². The van der Waals surface area contributed by atoms with E-state index >= 15 is 0 Å². The van der Waals surface area contributed by atoms with Gasteiger partial charge in [0.25, 0.3) is 0 Å². The summed E-state index contributed by atoms with van der Waals surface area (Å²) in [6.45, 7) is 0. The molecule has 1 aromatic carbocycles. The lowest BCUT2D eigenvalue weighted by Crippen LogP contribution is -2.58. The first kappa shape index (κ1) is 17.2. The predicted molar refractivity (Wildman–Crippen MR) is 97.6 cm³/mol. The zero-order valence-electron chi connectivity index (χ0n) is 14.9. The first-order valence-electron chi connectivity index (χ1n) is 8.34. The van der Waals surface area contributed by atoms with Gasteiger partial charge in [0.15, 0.2) is 11.5 Å². The lowest BCUT2D eigenvalue weighted by Gasteiger charge is -2.45. The molecule has 0 unspecified atom stereocenters. The highest BCUT2D eigenvalue weighted by molar-refractivity contribution is 6.06. The Morgan fingerprint density at radius 3 is 2.12 bits per heavy atom. The Morgan fingerprint density at radius 2 is 1.52 bits per heavy atom. The van der Waals surface area contributed by atoms with Crippen molar-refractivity contribution in [3.63, 3.8) is 0 Å². The van der Waals surface area contributed by atoms with Gasteiger partial charge in [-0.2, -0.15) is 4.99 Å². The molecule has 0 aromatic heterocycles. The fourth-order valence-electron chi connectivity index (χ4n) is 3.66. The number of guanidine groups is 2. The van der Waals surface area contributed by atoms with Gasteiger partial charge >= 0.3 is 0 Å². The molecule has 136 valence electrons. The largest absolute Gasteiger partial charge is 0.494 e. The Balaban J connectivity index is 2.16. The van der Waals surface area contributed by atoms with Crippen molar-refractivity contribution in [1.82, 2.24) is 0 Å². The summed E-state index contributed by atoms with van der Waals surface area (Å²) in [6.07, 6.45) is 4.97. The van der Waals surface area contributed by atoms with Crippen LogP contribution in [0.2, 0.25) is 0 Å². The molecule has 0 amide bonds. The Hall–Kier alpha value is -2.64. The monoisotopic (exact) mass is 347 g/mol. The van der Waals surface area contributed by atoms with Crippen LogP contribution in [0.5, 0.6) is 17.2 Å². The number of rotatable bonds is 4. The molecule has 8 nitrogen and oxygen atoms in total. The Labute approximate surface area is 147 Å². The molecule has 25 heavy (non-hydrogen) atoms. The van der Waals surface area contributed by atoms with E-state index in [1.165, 1.54) is 6.42 Å². The molecule has 4 N–H and O–H groups in total. The molecule has 1 aromatic rings. The molecule has 0 saturated heterocycles. The van der Waals surface area contributed by atoms with Crippen LogP contribution in [0.15, 0.2) is 22.1 Å². The van der Waals surface area contributed by atoms with Crippen LogP contribution < -0.4 is 30.6 Å². The van der Waals surface area contributed by atoms with Gasteiger partial charge in [-0.1, -0.05) is 6.42 Å². The number of benzene rings is 1. The second-order valence-corrected chi connectivity index (χ2v) is 6.20. The van der Waals surface area contributed by atoms with E-state index in [-0.39, 0.29) is 5.96 Å². The second-order valence-electron chi connectivity index (χ2n) is 6.20. The Kier molecular flexibility index (Phi) is 4.61. The van der Waals surface area contributed by atoms with Gasteiger partial charge < -0.3 is 25.7 Å². The highest BCUT2D eigenvalue weighted by Gasteiger charge is 2.43. The zero-order chi connectivity index (χ0) is 18.0. The summed E-state index contributed by atoms with van der Waals surface area (Å²) in [6, 6.07) is 3.62. The third-order valence-electron chi connectivity index (χ3n) is 4.78. The molecule has 1 spiro atoms. The van der Waals surface area contributed by atoms with Gasteiger partial charge in [-0.15, -0.1) is 0 Å². The van der Waals surface area contributed by atoms with Crippen LogP contribution in [0, 0.1) is 0 Å². The SMILES string of the molecule is COc1cc(OC)c(N2C(N)=NC(N)=NC23CCCCC3)cc1OC. The summed E-state index contributed by atoms with van der Waals surface area (Å²) in [5.41, 5.74) is 12.4. The minimum absolute atomic E-state index is 0.218. The van der Waals surface area contributed by atoms with Crippen LogP contribution >= 0.6 is 0 Å². The summed E-state index contributed by atoms with van der Waals surface area (Å²) >= 11 is 0. The van der Waals surface area contributed by atoms with Gasteiger partial charge in [0.1, 0.15) is 11.4 Å². The average molecular weight is 347 g/mol. The molecule has 1 aliphatic carbocycles. The van der Waals surface area contributed by atoms with Crippen LogP contribution in [0.25, 0.3) is 0 Å². The number of anilines is 1. The minimum Gasteiger partial charge on any atom is -0.494 e. The highest BCUT2D eigenvalue weighted by Crippen LogP contribution is 2.46. The molecule has 0 atom stereocenters. The average Bonchev–Trinajstić information content (AvgIpc) is 2.61. The van der Waals surface area contributed by atoms with Crippen LogP contribution in [0.1, 0.15) is 32.1 Å². The lowest BCUT2D eigenvalue weighted by molar-refractivity contribution is 0.301. The van der Waals surface area contributed by atoms with Crippen LogP contribution in [-0.4, -0.2) is 38.9 Å². The van der Waals surface area contributed by atoms with Crippen molar-refractivity contribution in [2.45, 2.75) is 37.8 Å². The molecule has 2 aliphatic rings. The lowest BCUT2D eigenvalue weighted by atomic mass is 9.87. The molecule has 0 bridgehead atoms. The summed E-state index contributed by atoms with van der Waals surface area (Å²) in [4.78, 5) is 10.8. The number of nitrogens with two attached hydrogens (primary N) is 2. The maximum atomic E-state index is 6.28. The van der Waals surface area contributed by atoms with E-state index in [2.05, 4.69) is 9.98 Å². The number of aliphatic imine (C=N–C) groups is 2. The fourth-order valence-corrected chi connectivity index (χ4v) is 3.66. The first-order chi connectivity index (χ1) is 12.0. The van der Waals surface area contributed by atoms with Crippen LogP contribution in [0.3, 0.4) is 0 Å². The topological polar surface area (TPSA) is 108 Å². The number of nitrogens with zero attached hydrogens (tertiary/aromatic N) is 3. The van der Waals surface area contributed by atoms with E-state index < -0.39 is 5.66 Å². The molecular formula is C17H25N5O3. The van der Waals surface area contributed by atoms with E-state index in [0.717, 1.165) is 31.4 Å². The smallest absolute Gasteiger partial charge is 0.220 e. The highest BCUT2D eigenvalue weighted by atomic mass is 16.5. The second kappa shape index (κ2) is 6.70. The molecule has 1 saturated carbocycles. The fraction of sp³-hybridized carbons (Fsp3) is 0.529. The van der Waals surface area contributed by atoms with E-state index in [1.54, 1.807) is 27.4 Å². The van der Waals surface area contributed by atoms with Crippen molar-refractivity contribution >= 4 is 17.6 Å². The number of ether oxygens (including phenoxy) is 3. The maximum Gasteiger partial charge on any atom is 0.220 e. The molecule has 0 radical (unpaired) electrons. The van der Waals surface area contributed by atoms with Crippen molar-refractivity contribution in [2.24, 2.45) is 21.5 Å². The summed E-state index contributed by atoms with van der Waals surface area (Å²) in [5, 5.41) is 0. The van der Waals surface area contributed by atoms with Gasteiger partial charge in [-0.25, -0.2) is 4.99 Å². The summed E-state index contributed by atoms with van der Waals surface area (Å²) < 4.78 is 16.4. The summed E-state index contributed by atoms with van der Waals surface area (Å²) in [7, 11) is 4.78. The molecule has 8 heteroatoms. The summed E-state index contributed by atoms with van der Waals surface area (Å²) in [5.74, 6) is 2.29. The van der Waals surface area contributed by atoms with E-state index in [4.69, 9.17) is 25.7 Å². The van der Waals surface area contributed by atoms with E-state index in [9.17, 15) is 0 Å². The van der Waals surface area contributed by atoms with Gasteiger partial charge in [0.2, 0.25) is 11.9 Å². The van der Waals surface area contributed by atoms with Gasteiger partial charge in [0.05, 0.1) is 27.0 Å². The van der Waals surface area contributed by atoms with Crippen LogP contribution in [-0.2, 0) is 0 Å². The molecule has 1 fully saturated rings. The Morgan fingerprint density at radius 1 is 0.920 bits per heavy atom. The maximum absolute atomic E-state index is 6.28. The van der Waals surface area contributed by atoms with Crippen molar-refractivity contribution in [1.29, 1.82) is 0 Å². The van der Waals surface area contributed by atoms with Gasteiger partial charge in [-0.3, -0.25) is 4.90 Å². The molecular weight excluding hydrogens is 322 g/mol. The van der Waals surface area contributed by atoms with E-state index in [0.29, 0.717) is 23.2 Å². The third kappa shape index (κ3) is 2.92. The number of hydrogen-bond donors (Lipinski definition) is 2. The van der Waals surface area contributed by atoms with Crippen molar-refractivity contribution < 1.29 is 14.2 Å². The standard InChI is InChI=1S/C17H25N5O3/c1-23-12-10-14(25-3)13(24-2)9-11(12)22-16(19)20-15(18)21-17(22)7-5-4-6-8-17/h9-10H,4-8H2,1-3H3,(H4,18,19,20,21).